The number of halogens is 3. The molecular formula is C27H33F3N6O2. The number of amides is 1. The molecule has 0 radical (unpaired) electrons. The van der Waals surface area contributed by atoms with Gasteiger partial charge in [0.25, 0.3) is 5.91 Å². The molecule has 2 aliphatic heterocycles. The van der Waals surface area contributed by atoms with Crippen LogP contribution in [0.5, 0.6) is 5.75 Å². The Kier molecular flexibility index (Phi) is 7.85. The molecule has 2 aromatic heterocycles. The molecule has 0 unspecified atom stereocenters. The number of methoxy groups -OCH3 is 1. The number of carbonyl (C=O) groups excluding carboxylic acids is 1. The van der Waals surface area contributed by atoms with Gasteiger partial charge in [0.1, 0.15) is 17.1 Å². The van der Waals surface area contributed by atoms with Gasteiger partial charge in [0.05, 0.1) is 24.4 Å². The molecule has 2 aliphatic rings. The summed E-state index contributed by atoms with van der Waals surface area (Å²) in [5.74, 6) is 0.452. The van der Waals surface area contributed by atoms with Gasteiger partial charge in [-0.15, -0.1) is 0 Å². The number of hydrogen-bond donors (Lipinski definition) is 2. The maximum Gasteiger partial charge on any atom is 0.433 e. The summed E-state index contributed by atoms with van der Waals surface area (Å²) >= 11 is 0. The van der Waals surface area contributed by atoms with Crippen LogP contribution in [-0.4, -0.2) is 65.4 Å². The maximum absolute atomic E-state index is 13.0. The van der Waals surface area contributed by atoms with Gasteiger partial charge in [-0.3, -0.25) is 9.48 Å². The number of nitrogens with zero attached hydrogens (tertiary/aromatic N) is 4. The Balaban J connectivity index is 1.24. The third-order valence-corrected chi connectivity index (χ3v) is 7.61. The number of likely N-dealkylation sites (tertiary alicyclic amines) is 1. The zero-order chi connectivity index (χ0) is 26.7. The average Bonchev–Trinajstić information content (AvgIpc) is 3.35. The molecule has 11 heteroatoms. The number of benzene rings is 1. The van der Waals surface area contributed by atoms with Gasteiger partial charge in [0.2, 0.25) is 0 Å². The van der Waals surface area contributed by atoms with Crippen LogP contribution in [-0.2, 0) is 6.18 Å². The Bertz CT molecular complexity index is 1260. The number of pyridine rings is 1. The molecule has 2 saturated heterocycles. The van der Waals surface area contributed by atoms with Crippen molar-refractivity contribution in [3.63, 3.8) is 0 Å². The highest BCUT2D eigenvalue weighted by Crippen LogP contribution is 2.33. The summed E-state index contributed by atoms with van der Waals surface area (Å²) < 4.78 is 46.5. The summed E-state index contributed by atoms with van der Waals surface area (Å²) in [7, 11) is 1.47. The molecule has 0 bridgehead atoms. The molecule has 204 valence electrons. The van der Waals surface area contributed by atoms with Crippen molar-refractivity contribution in [2.24, 2.45) is 5.92 Å². The number of fused-ring (bicyclic) bond motifs is 1. The van der Waals surface area contributed by atoms with Crippen molar-refractivity contribution in [3.8, 4) is 5.75 Å². The van der Waals surface area contributed by atoms with Crippen LogP contribution in [0.1, 0.15) is 54.3 Å². The van der Waals surface area contributed by atoms with E-state index in [0.29, 0.717) is 11.4 Å². The third kappa shape index (κ3) is 6.10. The highest BCUT2D eigenvalue weighted by molar-refractivity contribution is 6.05. The van der Waals surface area contributed by atoms with Crippen LogP contribution in [0.4, 0.5) is 18.9 Å². The first-order valence-electron chi connectivity index (χ1n) is 13.2. The van der Waals surface area contributed by atoms with E-state index in [0.717, 1.165) is 74.5 Å². The minimum atomic E-state index is -4.63. The van der Waals surface area contributed by atoms with Crippen LogP contribution >= 0.6 is 0 Å². The van der Waals surface area contributed by atoms with Gasteiger partial charge >= 0.3 is 6.18 Å². The number of piperidine rings is 2. The van der Waals surface area contributed by atoms with Crippen LogP contribution in [0.15, 0.2) is 36.5 Å². The molecule has 3 aromatic rings. The van der Waals surface area contributed by atoms with Crippen LogP contribution in [0, 0.1) is 5.92 Å². The van der Waals surface area contributed by atoms with E-state index in [1.54, 1.807) is 12.1 Å². The molecule has 2 fully saturated rings. The molecule has 1 amide bonds. The fourth-order valence-electron chi connectivity index (χ4n) is 5.37. The minimum absolute atomic E-state index is 0.288. The highest BCUT2D eigenvalue weighted by atomic mass is 19.4. The molecule has 0 aliphatic carbocycles. The van der Waals surface area contributed by atoms with E-state index in [9.17, 15) is 18.0 Å². The predicted octanol–water partition coefficient (Wildman–Crippen LogP) is 4.74. The average molecular weight is 531 g/mol. The third-order valence-electron chi connectivity index (χ3n) is 7.61. The number of ether oxygens (including phenoxy) is 1. The van der Waals surface area contributed by atoms with Crippen LogP contribution in [0.3, 0.4) is 0 Å². The minimum Gasteiger partial charge on any atom is -0.494 e. The summed E-state index contributed by atoms with van der Waals surface area (Å²) in [5.41, 5.74) is -0.377. The standard InChI is InChI=1S/C27H33F3N6O2/c1-38-24-16-22-19(15-23(24)33-26(37)21-3-2-4-25(32-21)27(28,29)30)17-36(34-22)20-8-13-35(14-9-20)12-7-18-5-10-31-11-6-18/h2-4,15-18,20,31H,5-14H2,1H3,(H,33,37). The van der Waals surface area contributed by atoms with E-state index < -0.39 is 17.8 Å². The monoisotopic (exact) mass is 530 g/mol. The molecule has 2 N–H and O–H groups in total. The van der Waals surface area contributed by atoms with E-state index in [1.807, 2.05) is 10.9 Å². The summed E-state index contributed by atoms with van der Waals surface area (Å²) in [4.78, 5) is 18.7. The molecule has 8 nitrogen and oxygen atoms in total. The normalized spacial score (nSPS) is 18.1. The molecule has 0 spiro atoms. The van der Waals surface area contributed by atoms with Crippen LogP contribution in [0.25, 0.3) is 10.9 Å². The first-order valence-corrected chi connectivity index (χ1v) is 13.2. The van der Waals surface area contributed by atoms with E-state index in [4.69, 9.17) is 9.84 Å². The van der Waals surface area contributed by atoms with Gasteiger partial charge in [0.15, 0.2) is 0 Å². The lowest BCUT2D eigenvalue weighted by Crippen LogP contribution is -2.37. The lowest BCUT2D eigenvalue weighted by Gasteiger charge is -2.33. The first kappa shape index (κ1) is 26.4. The van der Waals surface area contributed by atoms with Crippen molar-refractivity contribution in [2.75, 3.05) is 45.2 Å². The molecule has 0 atom stereocenters. The SMILES string of the molecule is COc1cc2nn(C3CCN(CCC4CCNCC4)CC3)cc2cc1NC(=O)c1cccc(C(F)(F)F)n1. The maximum atomic E-state index is 13.0. The zero-order valence-corrected chi connectivity index (χ0v) is 21.4. The molecule has 4 heterocycles. The van der Waals surface area contributed by atoms with Crippen molar-refractivity contribution in [1.82, 2.24) is 25.0 Å². The van der Waals surface area contributed by atoms with E-state index >= 15 is 0 Å². The zero-order valence-electron chi connectivity index (χ0n) is 21.4. The fourth-order valence-corrected chi connectivity index (χ4v) is 5.37. The molecule has 0 saturated carbocycles. The molecule has 38 heavy (non-hydrogen) atoms. The van der Waals surface area contributed by atoms with E-state index in [2.05, 4.69) is 20.5 Å². The van der Waals surface area contributed by atoms with Gasteiger partial charge < -0.3 is 20.3 Å². The smallest absolute Gasteiger partial charge is 0.433 e. The number of carbonyl (C=O) groups is 1. The van der Waals surface area contributed by atoms with Gasteiger partial charge in [-0.25, -0.2) is 4.98 Å². The Morgan fingerprint density at radius 1 is 1.16 bits per heavy atom. The van der Waals surface area contributed by atoms with Gasteiger partial charge in [-0.2, -0.15) is 18.3 Å². The Morgan fingerprint density at radius 3 is 2.63 bits per heavy atom. The van der Waals surface area contributed by atoms with Gasteiger partial charge in [0, 0.05) is 30.7 Å². The van der Waals surface area contributed by atoms with Crippen molar-refractivity contribution in [1.29, 1.82) is 0 Å². The summed E-state index contributed by atoms with van der Waals surface area (Å²) in [5, 5.41) is 11.7. The quantitative estimate of drug-likeness (QED) is 0.459. The second-order valence-corrected chi connectivity index (χ2v) is 10.1. The van der Waals surface area contributed by atoms with Crippen molar-refractivity contribution in [3.05, 3.63) is 47.9 Å². The van der Waals surface area contributed by atoms with Gasteiger partial charge in [-0.1, -0.05) is 6.07 Å². The lowest BCUT2D eigenvalue weighted by atomic mass is 9.94. The van der Waals surface area contributed by atoms with Crippen molar-refractivity contribution < 1.29 is 22.7 Å². The van der Waals surface area contributed by atoms with E-state index in [1.165, 1.54) is 32.4 Å². The second kappa shape index (κ2) is 11.3. The summed E-state index contributed by atoms with van der Waals surface area (Å²) in [6.07, 6.45) is 3.18. The summed E-state index contributed by atoms with van der Waals surface area (Å²) in [6, 6.07) is 6.99. The number of anilines is 1. The van der Waals surface area contributed by atoms with E-state index in [-0.39, 0.29) is 11.7 Å². The number of hydrogen-bond acceptors (Lipinski definition) is 6. The Morgan fingerprint density at radius 2 is 1.92 bits per heavy atom. The topological polar surface area (TPSA) is 84.3 Å². The second-order valence-electron chi connectivity index (χ2n) is 10.1. The van der Waals surface area contributed by atoms with Gasteiger partial charge in [-0.05, 0) is 75.9 Å². The van der Waals surface area contributed by atoms with Crippen LogP contribution < -0.4 is 15.4 Å². The Labute approximate surface area is 219 Å². The number of aromatic nitrogens is 3. The summed E-state index contributed by atoms with van der Waals surface area (Å²) in [6.45, 7) is 5.51. The molecular weight excluding hydrogens is 497 g/mol. The lowest BCUT2D eigenvalue weighted by molar-refractivity contribution is -0.141. The van der Waals surface area contributed by atoms with Crippen molar-refractivity contribution in [2.45, 2.75) is 44.3 Å². The fraction of sp³-hybridized carbons (Fsp3) is 0.519. The Hall–Kier alpha value is -3.18. The number of rotatable bonds is 7. The number of alkyl halides is 3. The largest absolute Gasteiger partial charge is 0.494 e. The molecule has 1 aromatic carbocycles. The molecule has 5 rings (SSSR count). The van der Waals surface area contributed by atoms with Crippen LogP contribution in [0.2, 0.25) is 0 Å². The number of nitrogens with one attached hydrogen (secondary N) is 2. The predicted molar refractivity (Wildman–Crippen MR) is 138 cm³/mol. The first-order chi connectivity index (χ1) is 18.3. The van der Waals surface area contributed by atoms with Crippen molar-refractivity contribution >= 4 is 22.5 Å². The highest BCUT2D eigenvalue weighted by Gasteiger charge is 2.33.